The average molecular weight is 364 g/mol. The van der Waals surface area contributed by atoms with Gasteiger partial charge in [0.2, 0.25) is 0 Å². The number of rotatable bonds is 4. The van der Waals surface area contributed by atoms with Gasteiger partial charge in [0.1, 0.15) is 5.75 Å². The number of hydrogen-bond acceptors (Lipinski definition) is 4. The number of nitrogens with zero attached hydrogens (tertiary/aromatic N) is 1. The summed E-state index contributed by atoms with van der Waals surface area (Å²) in [7, 11) is 0. The molecule has 2 N–H and O–H groups in total. The van der Waals surface area contributed by atoms with E-state index in [0.29, 0.717) is 23.5 Å². The number of pyridine rings is 1. The molecule has 0 unspecified atom stereocenters. The van der Waals surface area contributed by atoms with E-state index < -0.39 is 11.8 Å². The lowest BCUT2D eigenvalue weighted by Gasteiger charge is -2.11. The molecule has 0 aliphatic carbocycles. The van der Waals surface area contributed by atoms with Gasteiger partial charge < -0.3 is 4.74 Å². The maximum Gasteiger partial charge on any atom is 0.273 e. The summed E-state index contributed by atoms with van der Waals surface area (Å²) in [5.41, 5.74) is 5.44. The molecule has 0 aliphatic rings. The Morgan fingerprint density at radius 1 is 1.14 bits per heavy atom. The van der Waals surface area contributed by atoms with Gasteiger partial charge in [-0.1, -0.05) is 15.9 Å². The van der Waals surface area contributed by atoms with Gasteiger partial charge in [-0.15, -0.1) is 0 Å². The molecule has 1 heterocycles. The molecule has 22 heavy (non-hydrogen) atoms. The number of hydrogen-bond donors (Lipinski definition) is 2. The number of aromatic nitrogens is 1. The summed E-state index contributed by atoms with van der Waals surface area (Å²) in [6.07, 6.45) is 3.00. The average Bonchev–Trinajstić information content (AvgIpc) is 2.55. The summed E-state index contributed by atoms with van der Waals surface area (Å²) in [6.45, 7) is 2.26. The summed E-state index contributed by atoms with van der Waals surface area (Å²) >= 11 is 3.30. The van der Waals surface area contributed by atoms with Crippen LogP contribution in [-0.2, 0) is 0 Å². The molecule has 0 aliphatic heterocycles. The van der Waals surface area contributed by atoms with Gasteiger partial charge in [0.25, 0.3) is 11.8 Å². The zero-order valence-corrected chi connectivity index (χ0v) is 13.4. The van der Waals surface area contributed by atoms with Crippen LogP contribution in [0.15, 0.2) is 47.2 Å². The first-order valence-electron chi connectivity index (χ1n) is 6.55. The van der Waals surface area contributed by atoms with Gasteiger partial charge in [-0.05, 0) is 37.3 Å². The van der Waals surface area contributed by atoms with Crippen molar-refractivity contribution in [2.24, 2.45) is 0 Å². The highest BCUT2D eigenvalue weighted by Gasteiger charge is 2.14. The van der Waals surface area contributed by atoms with Crippen molar-refractivity contribution in [1.82, 2.24) is 15.8 Å². The van der Waals surface area contributed by atoms with Crippen LogP contribution in [0.3, 0.4) is 0 Å². The Hall–Kier alpha value is -2.41. The van der Waals surface area contributed by atoms with Crippen molar-refractivity contribution < 1.29 is 14.3 Å². The third-order valence-electron chi connectivity index (χ3n) is 2.72. The molecule has 6 nitrogen and oxygen atoms in total. The van der Waals surface area contributed by atoms with E-state index in [9.17, 15) is 9.59 Å². The first-order valence-corrected chi connectivity index (χ1v) is 7.34. The number of hydrazine groups is 1. The van der Waals surface area contributed by atoms with Crippen LogP contribution in [-0.4, -0.2) is 23.4 Å². The summed E-state index contributed by atoms with van der Waals surface area (Å²) in [5.74, 6) is -0.447. The first kappa shape index (κ1) is 16.0. The lowest BCUT2D eigenvalue weighted by Crippen LogP contribution is -2.41. The molecule has 114 valence electrons. The quantitative estimate of drug-likeness (QED) is 0.816. The van der Waals surface area contributed by atoms with E-state index in [-0.39, 0.29) is 0 Å². The number of benzene rings is 1. The normalized spacial score (nSPS) is 9.91. The topological polar surface area (TPSA) is 80.3 Å². The minimum Gasteiger partial charge on any atom is -0.493 e. The van der Waals surface area contributed by atoms with E-state index in [1.54, 1.807) is 30.3 Å². The number of amides is 2. The van der Waals surface area contributed by atoms with E-state index in [4.69, 9.17) is 4.74 Å². The van der Waals surface area contributed by atoms with Crippen molar-refractivity contribution in [3.8, 4) is 5.75 Å². The molecule has 0 spiro atoms. The van der Waals surface area contributed by atoms with Crippen molar-refractivity contribution in [2.75, 3.05) is 6.61 Å². The lowest BCUT2D eigenvalue weighted by atomic mass is 10.2. The van der Waals surface area contributed by atoms with Crippen LogP contribution in [0.5, 0.6) is 5.75 Å². The Bertz CT molecular complexity index is 677. The summed E-state index contributed by atoms with van der Waals surface area (Å²) in [6, 6.07) is 8.18. The van der Waals surface area contributed by atoms with Crippen molar-refractivity contribution in [3.05, 3.63) is 58.3 Å². The molecule has 0 atom stereocenters. The van der Waals surface area contributed by atoms with Crippen LogP contribution in [0.1, 0.15) is 27.6 Å². The second-order valence-electron chi connectivity index (χ2n) is 4.22. The molecule has 1 aromatic carbocycles. The fraction of sp³-hybridized carbons (Fsp3) is 0.133. The number of ether oxygens (including phenoxy) is 1. The monoisotopic (exact) mass is 363 g/mol. The molecule has 2 aromatic rings. The Labute approximate surface area is 136 Å². The van der Waals surface area contributed by atoms with Crippen molar-refractivity contribution in [3.63, 3.8) is 0 Å². The zero-order valence-electron chi connectivity index (χ0n) is 11.8. The molecular weight excluding hydrogens is 350 g/mol. The summed E-state index contributed by atoms with van der Waals surface area (Å²) in [4.78, 5) is 27.9. The van der Waals surface area contributed by atoms with E-state index in [2.05, 4.69) is 31.8 Å². The largest absolute Gasteiger partial charge is 0.493 e. The van der Waals surface area contributed by atoms with Gasteiger partial charge in [0, 0.05) is 22.4 Å². The Morgan fingerprint density at radius 3 is 2.50 bits per heavy atom. The minimum absolute atomic E-state index is 0.325. The predicted molar refractivity (Wildman–Crippen MR) is 84.5 cm³/mol. The second-order valence-corrected chi connectivity index (χ2v) is 5.13. The van der Waals surface area contributed by atoms with Crippen molar-refractivity contribution in [1.29, 1.82) is 0 Å². The van der Waals surface area contributed by atoms with Gasteiger partial charge >= 0.3 is 0 Å². The molecular formula is C15H14BrN3O3. The molecule has 0 saturated heterocycles. The zero-order chi connectivity index (χ0) is 15.9. The minimum atomic E-state index is -0.466. The molecule has 2 rings (SSSR count). The van der Waals surface area contributed by atoms with E-state index in [0.717, 1.165) is 4.47 Å². The molecule has 2 amide bonds. The van der Waals surface area contributed by atoms with Crippen LogP contribution in [0.2, 0.25) is 0 Å². The van der Waals surface area contributed by atoms with Crippen LogP contribution in [0, 0.1) is 0 Å². The number of nitrogens with one attached hydrogen (secondary N) is 2. The fourth-order valence-corrected chi connectivity index (χ4v) is 2.08. The van der Waals surface area contributed by atoms with E-state index in [1.165, 1.54) is 12.4 Å². The van der Waals surface area contributed by atoms with Crippen molar-refractivity contribution >= 4 is 27.7 Å². The number of halogens is 1. The highest BCUT2D eigenvalue weighted by atomic mass is 79.9. The Balaban J connectivity index is 2.06. The molecule has 0 bridgehead atoms. The van der Waals surface area contributed by atoms with Gasteiger partial charge in [0.15, 0.2) is 0 Å². The first-order chi connectivity index (χ1) is 10.6. The third kappa shape index (κ3) is 4.05. The van der Waals surface area contributed by atoms with E-state index >= 15 is 0 Å². The maximum absolute atomic E-state index is 12.2. The molecule has 7 heteroatoms. The van der Waals surface area contributed by atoms with Gasteiger partial charge in [0.05, 0.1) is 12.2 Å². The van der Waals surface area contributed by atoms with Gasteiger partial charge in [-0.3, -0.25) is 25.4 Å². The lowest BCUT2D eigenvalue weighted by molar-refractivity contribution is 0.0844. The van der Waals surface area contributed by atoms with Crippen molar-refractivity contribution in [2.45, 2.75) is 6.92 Å². The Kier molecular flexibility index (Phi) is 5.48. The molecule has 1 aromatic heterocycles. The van der Waals surface area contributed by atoms with Crippen LogP contribution in [0.4, 0.5) is 0 Å². The SMILES string of the molecule is CCOc1ccc(Br)cc1C(=O)NNC(=O)c1ccncc1. The second kappa shape index (κ2) is 7.56. The summed E-state index contributed by atoms with van der Waals surface area (Å²) < 4.78 is 6.14. The smallest absolute Gasteiger partial charge is 0.273 e. The highest BCUT2D eigenvalue weighted by molar-refractivity contribution is 9.10. The van der Waals surface area contributed by atoms with E-state index in [1.807, 2.05) is 6.92 Å². The number of carbonyl (C=O) groups excluding carboxylic acids is 2. The molecule has 0 saturated carbocycles. The van der Waals surface area contributed by atoms with Gasteiger partial charge in [-0.2, -0.15) is 0 Å². The third-order valence-corrected chi connectivity index (χ3v) is 3.21. The van der Waals surface area contributed by atoms with Crippen LogP contribution < -0.4 is 15.6 Å². The Morgan fingerprint density at radius 2 is 1.82 bits per heavy atom. The molecule has 0 fully saturated rings. The molecule has 0 radical (unpaired) electrons. The summed E-state index contributed by atoms with van der Waals surface area (Å²) in [5, 5.41) is 0. The fourth-order valence-electron chi connectivity index (χ4n) is 1.72. The number of carbonyl (C=O) groups is 2. The maximum atomic E-state index is 12.2. The standard InChI is InChI=1S/C15H14BrN3O3/c1-2-22-13-4-3-11(16)9-12(13)15(21)19-18-14(20)10-5-7-17-8-6-10/h3-9H,2H2,1H3,(H,18,20)(H,19,21). The highest BCUT2D eigenvalue weighted by Crippen LogP contribution is 2.23. The predicted octanol–water partition coefficient (Wildman–Crippen LogP) is 2.32. The van der Waals surface area contributed by atoms with Crippen LogP contribution in [0.25, 0.3) is 0 Å². The van der Waals surface area contributed by atoms with Crippen LogP contribution >= 0.6 is 15.9 Å². The van der Waals surface area contributed by atoms with Gasteiger partial charge in [-0.25, -0.2) is 0 Å².